The Labute approximate surface area is 110 Å². The summed E-state index contributed by atoms with van der Waals surface area (Å²) in [6.45, 7) is 3.57. The van der Waals surface area contributed by atoms with Gasteiger partial charge in [0.1, 0.15) is 6.54 Å². The smallest absolute Gasteiger partial charge is 0.325 e. The molecule has 0 spiro atoms. The maximum atomic E-state index is 11.5. The van der Waals surface area contributed by atoms with Gasteiger partial charge in [-0.25, -0.2) is 4.68 Å². The minimum absolute atomic E-state index is 0.421. The van der Waals surface area contributed by atoms with Crippen molar-refractivity contribution in [3.05, 3.63) is 51.8 Å². The standard InChI is InChI=1S/C14H14N2O3/c1-9-3-4-11(7-10(9)2)12-5-6-13(17)16(15-12)8-14(18)19/h3-7H,8H2,1-2H3,(H,18,19). The molecule has 0 bridgehead atoms. The van der Waals surface area contributed by atoms with Crippen LogP contribution in [0.2, 0.25) is 0 Å². The molecule has 0 aliphatic rings. The summed E-state index contributed by atoms with van der Waals surface area (Å²) in [4.78, 5) is 22.2. The molecule has 0 saturated carbocycles. The lowest BCUT2D eigenvalue weighted by atomic mass is 10.0. The number of carboxylic acid groups (broad SMARTS) is 1. The monoisotopic (exact) mass is 258 g/mol. The van der Waals surface area contributed by atoms with Gasteiger partial charge in [-0.15, -0.1) is 0 Å². The third kappa shape index (κ3) is 2.88. The van der Waals surface area contributed by atoms with E-state index < -0.39 is 18.1 Å². The Morgan fingerprint density at radius 2 is 1.95 bits per heavy atom. The van der Waals surface area contributed by atoms with Gasteiger partial charge in [-0.2, -0.15) is 5.10 Å². The predicted octanol–water partition coefficient (Wildman–Crippen LogP) is 1.61. The highest BCUT2D eigenvalue weighted by molar-refractivity contribution is 5.66. The minimum Gasteiger partial charge on any atom is -0.480 e. The van der Waals surface area contributed by atoms with Gasteiger partial charge in [0.05, 0.1) is 5.69 Å². The summed E-state index contributed by atoms with van der Waals surface area (Å²) < 4.78 is 0.951. The van der Waals surface area contributed by atoms with Crippen LogP contribution in [0.3, 0.4) is 0 Å². The van der Waals surface area contributed by atoms with E-state index in [1.807, 2.05) is 32.0 Å². The lowest BCUT2D eigenvalue weighted by Crippen LogP contribution is -2.26. The molecule has 1 N–H and O–H groups in total. The number of rotatable bonds is 3. The molecular weight excluding hydrogens is 244 g/mol. The topological polar surface area (TPSA) is 72.2 Å². The van der Waals surface area contributed by atoms with Crippen molar-refractivity contribution in [2.45, 2.75) is 20.4 Å². The van der Waals surface area contributed by atoms with Gasteiger partial charge in [0.25, 0.3) is 5.56 Å². The molecule has 0 fully saturated rings. The maximum absolute atomic E-state index is 11.5. The van der Waals surface area contributed by atoms with Crippen molar-refractivity contribution in [2.24, 2.45) is 0 Å². The van der Waals surface area contributed by atoms with E-state index >= 15 is 0 Å². The Bertz CT molecular complexity index is 689. The van der Waals surface area contributed by atoms with Crippen LogP contribution in [0.5, 0.6) is 0 Å². The second-order valence-corrected chi connectivity index (χ2v) is 4.41. The van der Waals surface area contributed by atoms with Crippen LogP contribution in [0.1, 0.15) is 11.1 Å². The summed E-state index contributed by atoms with van der Waals surface area (Å²) in [7, 11) is 0. The average molecular weight is 258 g/mol. The second kappa shape index (κ2) is 5.06. The minimum atomic E-state index is -1.09. The highest BCUT2D eigenvalue weighted by Crippen LogP contribution is 2.19. The first-order chi connectivity index (χ1) is 8.97. The average Bonchev–Trinajstić information content (AvgIpc) is 2.35. The first-order valence-electron chi connectivity index (χ1n) is 5.85. The molecule has 0 radical (unpaired) electrons. The molecule has 0 atom stereocenters. The number of hydrogen-bond acceptors (Lipinski definition) is 3. The highest BCUT2D eigenvalue weighted by Gasteiger charge is 2.07. The molecule has 1 aromatic heterocycles. The van der Waals surface area contributed by atoms with E-state index in [2.05, 4.69) is 5.10 Å². The highest BCUT2D eigenvalue weighted by atomic mass is 16.4. The largest absolute Gasteiger partial charge is 0.480 e. The number of carbonyl (C=O) groups is 1. The molecule has 19 heavy (non-hydrogen) atoms. The van der Waals surface area contributed by atoms with Gasteiger partial charge in [-0.1, -0.05) is 12.1 Å². The molecule has 0 saturated heterocycles. The Hall–Kier alpha value is -2.43. The number of carboxylic acids is 1. The number of hydrogen-bond donors (Lipinski definition) is 1. The van der Waals surface area contributed by atoms with Crippen LogP contribution >= 0.6 is 0 Å². The van der Waals surface area contributed by atoms with Crippen LogP contribution in [0.4, 0.5) is 0 Å². The fourth-order valence-electron chi connectivity index (χ4n) is 1.75. The van der Waals surface area contributed by atoms with Crippen LogP contribution in [0.15, 0.2) is 35.1 Å². The molecule has 2 aromatic rings. The van der Waals surface area contributed by atoms with Crippen molar-refractivity contribution in [3.8, 4) is 11.3 Å². The fourth-order valence-corrected chi connectivity index (χ4v) is 1.75. The number of aryl methyl sites for hydroxylation is 2. The summed E-state index contributed by atoms with van der Waals surface area (Å²) in [6.07, 6.45) is 0. The molecule has 2 rings (SSSR count). The predicted molar refractivity (Wildman–Crippen MR) is 71.0 cm³/mol. The van der Waals surface area contributed by atoms with Crippen molar-refractivity contribution < 1.29 is 9.90 Å². The van der Waals surface area contributed by atoms with E-state index in [1.165, 1.54) is 11.6 Å². The van der Waals surface area contributed by atoms with Gasteiger partial charge >= 0.3 is 5.97 Å². The zero-order valence-corrected chi connectivity index (χ0v) is 10.8. The van der Waals surface area contributed by atoms with Gasteiger partial charge in [0, 0.05) is 11.6 Å². The van der Waals surface area contributed by atoms with Crippen LogP contribution in [0.25, 0.3) is 11.3 Å². The summed E-state index contributed by atoms with van der Waals surface area (Å²) in [5.41, 5.74) is 3.32. The van der Waals surface area contributed by atoms with E-state index in [0.717, 1.165) is 15.8 Å². The van der Waals surface area contributed by atoms with Gasteiger partial charge in [-0.3, -0.25) is 9.59 Å². The van der Waals surface area contributed by atoms with E-state index in [-0.39, 0.29) is 0 Å². The quantitative estimate of drug-likeness (QED) is 0.907. The molecule has 0 aliphatic carbocycles. The molecule has 98 valence electrons. The van der Waals surface area contributed by atoms with Crippen molar-refractivity contribution in [3.63, 3.8) is 0 Å². The third-order valence-corrected chi connectivity index (χ3v) is 2.95. The molecule has 0 unspecified atom stereocenters. The van der Waals surface area contributed by atoms with Gasteiger partial charge in [0.15, 0.2) is 0 Å². The van der Waals surface area contributed by atoms with E-state index in [9.17, 15) is 9.59 Å². The lowest BCUT2D eigenvalue weighted by molar-refractivity contribution is -0.138. The molecule has 1 heterocycles. The normalized spacial score (nSPS) is 10.4. The fraction of sp³-hybridized carbons (Fsp3) is 0.214. The zero-order valence-electron chi connectivity index (χ0n) is 10.8. The lowest BCUT2D eigenvalue weighted by Gasteiger charge is -2.07. The third-order valence-electron chi connectivity index (χ3n) is 2.95. The molecule has 5 heteroatoms. The van der Waals surface area contributed by atoms with E-state index in [1.54, 1.807) is 6.07 Å². The Balaban J connectivity index is 2.48. The zero-order chi connectivity index (χ0) is 14.0. The number of benzene rings is 1. The molecule has 5 nitrogen and oxygen atoms in total. The van der Waals surface area contributed by atoms with Crippen molar-refractivity contribution >= 4 is 5.97 Å². The number of aliphatic carboxylic acids is 1. The van der Waals surface area contributed by atoms with E-state index in [4.69, 9.17) is 5.11 Å². The van der Waals surface area contributed by atoms with Gasteiger partial charge in [0.2, 0.25) is 0 Å². The van der Waals surface area contributed by atoms with Crippen LogP contribution in [-0.2, 0) is 11.3 Å². The summed E-state index contributed by atoms with van der Waals surface area (Å²) >= 11 is 0. The SMILES string of the molecule is Cc1ccc(-c2ccc(=O)n(CC(=O)O)n2)cc1C. The van der Waals surface area contributed by atoms with Crippen molar-refractivity contribution in [1.29, 1.82) is 0 Å². The Kier molecular flexibility index (Phi) is 3.46. The van der Waals surface area contributed by atoms with Crippen molar-refractivity contribution in [1.82, 2.24) is 9.78 Å². The molecule has 0 aliphatic heterocycles. The van der Waals surface area contributed by atoms with E-state index in [0.29, 0.717) is 5.69 Å². The Morgan fingerprint density at radius 3 is 2.58 bits per heavy atom. The summed E-state index contributed by atoms with van der Waals surface area (Å²) in [6, 6.07) is 8.78. The second-order valence-electron chi connectivity index (χ2n) is 4.41. The first kappa shape index (κ1) is 13.0. The number of nitrogens with zero attached hydrogens (tertiary/aromatic N) is 2. The maximum Gasteiger partial charge on any atom is 0.325 e. The number of aromatic nitrogens is 2. The molecule has 1 aromatic carbocycles. The van der Waals surface area contributed by atoms with Gasteiger partial charge < -0.3 is 5.11 Å². The summed E-state index contributed by atoms with van der Waals surface area (Å²) in [5.74, 6) is -1.09. The Morgan fingerprint density at radius 1 is 1.21 bits per heavy atom. The first-order valence-corrected chi connectivity index (χ1v) is 5.85. The summed E-state index contributed by atoms with van der Waals surface area (Å²) in [5, 5.41) is 12.8. The molecular formula is C14H14N2O3. The molecule has 0 amide bonds. The van der Waals surface area contributed by atoms with Crippen LogP contribution < -0.4 is 5.56 Å². The van der Waals surface area contributed by atoms with Crippen LogP contribution in [-0.4, -0.2) is 20.9 Å². The van der Waals surface area contributed by atoms with Crippen LogP contribution in [0, 0.1) is 13.8 Å². The van der Waals surface area contributed by atoms with Gasteiger partial charge in [-0.05, 0) is 37.1 Å². The van der Waals surface area contributed by atoms with Crippen molar-refractivity contribution in [2.75, 3.05) is 0 Å².